The molecule has 0 rings (SSSR count). The van der Waals surface area contributed by atoms with Gasteiger partial charge in [-0.3, -0.25) is 18.6 Å². The number of carbonyl (C=O) groups excluding carboxylic acids is 2. The molecule has 60 heavy (non-hydrogen) atoms. The van der Waals surface area contributed by atoms with Crippen molar-refractivity contribution in [1.82, 2.24) is 0 Å². The fourth-order valence-corrected chi connectivity index (χ4v) is 7.83. The molecule has 0 saturated carbocycles. The molecule has 0 aliphatic rings. The van der Waals surface area contributed by atoms with E-state index >= 15 is 0 Å². The number of ether oxygens (including phenoxy) is 2. The summed E-state index contributed by atoms with van der Waals surface area (Å²) in [5.41, 5.74) is 0. The Balaban J connectivity index is 3.85. The number of phosphoric acid groups is 1. The third-order valence-corrected chi connectivity index (χ3v) is 11.8. The second-order valence-electron chi connectivity index (χ2n) is 16.8. The molecular formula is C49H93O10P. The van der Waals surface area contributed by atoms with Crippen molar-refractivity contribution in [1.29, 1.82) is 0 Å². The number of hydrogen-bond donors (Lipinski definition) is 3. The zero-order valence-corrected chi connectivity index (χ0v) is 39.6. The highest BCUT2D eigenvalue weighted by Gasteiger charge is 2.27. The molecule has 0 heterocycles. The van der Waals surface area contributed by atoms with Gasteiger partial charge in [-0.2, -0.15) is 0 Å². The lowest BCUT2D eigenvalue weighted by atomic mass is 10.1. The lowest BCUT2D eigenvalue weighted by Gasteiger charge is -2.20. The highest BCUT2D eigenvalue weighted by molar-refractivity contribution is 7.47. The van der Waals surface area contributed by atoms with Crippen LogP contribution in [0.3, 0.4) is 0 Å². The van der Waals surface area contributed by atoms with Gasteiger partial charge in [-0.25, -0.2) is 4.57 Å². The monoisotopic (exact) mass is 873 g/mol. The van der Waals surface area contributed by atoms with Crippen molar-refractivity contribution >= 4 is 19.8 Å². The van der Waals surface area contributed by atoms with E-state index in [0.29, 0.717) is 12.8 Å². The van der Waals surface area contributed by atoms with Gasteiger partial charge < -0.3 is 24.6 Å². The third kappa shape index (κ3) is 43.1. The maximum atomic E-state index is 12.4. The summed E-state index contributed by atoms with van der Waals surface area (Å²) in [4.78, 5) is 34.6. The summed E-state index contributed by atoms with van der Waals surface area (Å²) in [6.45, 7) is 2.23. The molecule has 3 N–H and O–H groups in total. The Hall–Kier alpha value is -1.55. The van der Waals surface area contributed by atoms with Crippen LogP contribution in [-0.4, -0.2) is 65.7 Å². The highest BCUT2D eigenvalue weighted by atomic mass is 31.2. The number of allylic oxidation sites excluding steroid dienone is 4. The number of esters is 2. The van der Waals surface area contributed by atoms with Gasteiger partial charge in [0.05, 0.1) is 26.4 Å². The van der Waals surface area contributed by atoms with Gasteiger partial charge in [0, 0.05) is 12.8 Å². The van der Waals surface area contributed by atoms with Crippen LogP contribution in [-0.2, 0) is 32.7 Å². The minimum absolute atomic E-state index is 0.184. The van der Waals surface area contributed by atoms with Crippen LogP contribution in [0.15, 0.2) is 24.3 Å². The quantitative estimate of drug-likeness (QED) is 0.0233. The first kappa shape index (κ1) is 58.5. The van der Waals surface area contributed by atoms with Crippen molar-refractivity contribution < 1.29 is 47.8 Å². The van der Waals surface area contributed by atoms with Crippen LogP contribution < -0.4 is 0 Å². The molecule has 0 aliphatic heterocycles. The zero-order chi connectivity index (χ0) is 44.0. The van der Waals surface area contributed by atoms with E-state index in [0.717, 1.165) is 51.4 Å². The Morgan fingerprint density at radius 2 is 0.683 bits per heavy atom. The van der Waals surface area contributed by atoms with Crippen LogP contribution in [0.5, 0.6) is 0 Å². The van der Waals surface area contributed by atoms with E-state index in [-0.39, 0.29) is 12.8 Å². The summed E-state index contributed by atoms with van der Waals surface area (Å²) in [6, 6.07) is 0. The maximum absolute atomic E-state index is 12.4. The van der Waals surface area contributed by atoms with Crippen molar-refractivity contribution in [2.75, 3.05) is 26.4 Å². The molecule has 0 saturated heterocycles. The summed E-state index contributed by atoms with van der Waals surface area (Å²) >= 11 is 0. The van der Waals surface area contributed by atoms with Crippen LogP contribution in [0.2, 0.25) is 0 Å². The number of unbranched alkanes of at least 4 members (excludes halogenated alkanes) is 29. The smallest absolute Gasteiger partial charge is 0.457 e. The number of rotatable bonds is 47. The van der Waals surface area contributed by atoms with E-state index in [2.05, 4.69) is 38.2 Å². The minimum Gasteiger partial charge on any atom is -0.457 e. The molecule has 354 valence electrons. The molecule has 0 aromatic heterocycles. The van der Waals surface area contributed by atoms with E-state index in [1.54, 1.807) is 0 Å². The number of aliphatic hydroxyl groups excluding tert-OH is 2. The summed E-state index contributed by atoms with van der Waals surface area (Å²) in [6.07, 6.45) is 47.2. The summed E-state index contributed by atoms with van der Waals surface area (Å²) in [7, 11) is -4.64. The maximum Gasteiger partial charge on any atom is 0.472 e. The fraction of sp³-hybridized carbons (Fsp3) is 0.878. The number of phosphoric ester groups is 1. The Labute approximate surface area is 368 Å². The van der Waals surface area contributed by atoms with Crippen molar-refractivity contribution in [2.45, 2.75) is 251 Å². The van der Waals surface area contributed by atoms with E-state index in [4.69, 9.17) is 18.5 Å². The molecule has 0 aromatic rings. The van der Waals surface area contributed by atoms with Gasteiger partial charge >= 0.3 is 19.8 Å². The molecule has 0 fully saturated rings. The van der Waals surface area contributed by atoms with Gasteiger partial charge in [0.15, 0.2) is 0 Å². The van der Waals surface area contributed by atoms with Crippen molar-refractivity contribution in [3.8, 4) is 0 Å². The number of aliphatic hydroxyl groups is 2. The average Bonchev–Trinajstić information content (AvgIpc) is 3.24. The second-order valence-corrected chi connectivity index (χ2v) is 18.2. The van der Waals surface area contributed by atoms with Gasteiger partial charge in [0.2, 0.25) is 0 Å². The highest BCUT2D eigenvalue weighted by Crippen LogP contribution is 2.43. The summed E-state index contributed by atoms with van der Waals surface area (Å²) < 4.78 is 32.7. The Morgan fingerprint density at radius 1 is 0.433 bits per heavy atom. The van der Waals surface area contributed by atoms with Gasteiger partial charge in [0.1, 0.15) is 12.2 Å². The first-order valence-electron chi connectivity index (χ1n) is 24.8. The molecule has 0 aromatic carbocycles. The normalized spacial score (nSPS) is 13.9. The van der Waals surface area contributed by atoms with Crippen LogP contribution >= 0.6 is 7.82 Å². The summed E-state index contributed by atoms with van der Waals surface area (Å²) in [5, 5.41) is 19.2. The predicted molar refractivity (Wildman–Crippen MR) is 247 cm³/mol. The lowest BCUT2D eigenvalue weighted by Crippen LogP contribution is -2.28. The lowest BCUT2D eigenvalue weighted by molar-refractivity contribution is -0.153. The van der Waals surface area contributed by atoms with Gasteiger partial charge in [0.25, 0.3) is 0 Å². The summed E-state index contributed by atoms with van der Waals surface area (Å²) in [5.74, 6) is -1.02. The molecule has 0 amide bonds. The Kier molecular flexibility index (Phi) is 44.3. The standard InChI is InChI=1S/C49H93O10P/c1-3-5-7-9-11-13-15-17-19-21-22-23-24-25-27-29-31-33-35-37-39-41-49(53)59-47(43-51)45-57-60(54,55)56-44-46(42-50)58-48(52)40-38-36-34-32-30-28-26-20-18-16-14-12-10-8-6-4-2/h20-22,26,46-47,50-51H,3-19,23-25,27-45H2,1-2H3,(H,54,55)/b22-21-,26-20-. The van der Waals surface area contributed by atoms with Crippen molar-refractivity contribution in [2.24, 2.45) is 0 Å². The molecule has 0 aliphatic carbocycles. The minimum atomic E-state index is -4.64. The third-order valence-electron chi connectivity index (χ3n) is 10.9. The van der Waals surface area contributed by atoms with Crippen LogP contribution in [0, 0.1) is 0 Å². The molecule has 0 bridgehead atoms. The topological polar surface area (TPSA) is 149 Å². The van der Waals surface area contributed by atoms with Crippen LogP contribution in [0.4, 0.5) is 0 Å². The van der Waals surface area contributed by atoms with Gasteiger partial charge in [-0.05, 0) is 64.2 Å². The second kappa shape index (κ2) is 45.5. The van der Waals surface area contributed by atoms with E-state index < -0.39 is 58.4 Å². The molecule has 11 heteroatoms. The van der Waals surface area contributed by atoms with Crippen molar-refractivity contribution in [3.05, 3.63) is 24.3 Å². The molecule has 3 unspecified atom stereocenters. The van der Waals surface area contributed by atoms with E-state index in [1.165, 1.54) is 148 Å². The molecule has 3 atom stereocenters. The van der Waals surface area contributed by atoms with Crippen LogP contribution in [0.25, 0.3) is 0 Å². The largest absolute Gasteiger partial charge is 0.472 e. The zero-order valence-electron chi connectivity index (χ0n) is 38.7. The van der Waals surface area contributed by atoms with Crippen molar-refractivity contribution in [3.63, 3.8) is 0 Å². The van der Waals surface area contributed by atoms with E-state index in [9.17, 15) is 29.3 Å². The average molecular weight is 873 g/mol. The van der Waals surface area contributed by atoms with Gasteiger partial charge in [-0.1, -0.05) is 186 Å². The first-order valence-corrected chi connectivity index (χ1v) is 26.3. The molecule has 0 spiro atoms. The molecule has 0 radical (unpaired) electrons. The SMILES string of the molecule is CCCCCCCCC/C=C\CCCCCCCC(=O)OC(CO)COP(=O)(O)OCC(CO)OC(=O)CCCCCCCCCCC/C=C\CCCCCCCCCC. The molecular weight excluding hydrogens is 780 g/mol. The Bertz CT molecular complexity index is 1050. The Morgan fingerprint density at radius 3 is 0.950 bits per heavy atom. The number of hydrogen-bond acceptors (Lipinski definition) is 9. The van der Waals surface area contributed by atoms with E-state index in [1.807, 2.05) is 0 Å². The van der Waals surface area contributed by atoms with Gasteiger partial charge in [-0.15, -0.1) is 0 Å². The fourth-order valence-electron chi connectivity index (χ4n) is 7.05. The number of carbonyl (C=O) groups is 2. The predicted octanol–water partition coefficient (Wildman–Crippen LogP) is 13.7. The first-order chi connectivity index (χ1) is 29.3. The van der Waals surface area contributed by atoms with Crippen LogP contribution in [0.1, 0.15) is 239 Å². The molecule has 10 nitrogen and oxygen atoms in total.